The first-order valence-corrected chi connectivity index (χ1v) is 7.59. The molecule has 1 fully saturated rings. The molecule has 1 aliphatic rings. The van der Waals surface area contributed by atoms with Crippen molar-refractivity contribution in [3.05, 3.63) is 11.4 Å². The van der Waals surface area contributed by atoms with Crippen molar-refractivity contribution in [3.63, 3.8) is 0 Å². The molecule has 0 radical (unpaired) electrons. The number of rotatable bonds is 2. The molecule has 1 saturated heterocycles. The molecule has 0 amide bonds. The molecule has 3 rings (SSSR count). The first-order valence-electron chi connectivity index (χ1n) is 6.71. The molecule has 0 bridgehead atoms. The van der Waals surface area contributed by atoms with Gasteiger partial charge in [0.1, 0.15) is 4.83 Å². The second-order valence-electron chi connectivity index (χ2n) is 5.22. The second-order valence-corrected chi connectivity index (χ2v) is 6.11. The number of aromatic nitrogens is 2. The van der Waals surface area contributed by atoms with Crippen molar-refractivity contribution in [2.45, 2.75) is 45.2 Å². The maximum Gasteiger partial charge on any atom is 0.223 e. The molecule has 2 aromatic heterocycles. The fourth-order valence-corrected chi connectivity index (χ4v) is 3.49. The zero-order chi connectivity index (χ0) is 13.4. The molecule has 0 spiro atoms. The van der Waals surface area contributed by atoms with E-state index in [1.165, 1.54) is 19.3 Å². The van der Waals surface area contributed by atoms with Crippen molar-refractivity contribution >= 4 is 33.3 Å². The number of hydrogen-bond acceptors (Lipinski definition) is 6. The van der Waals surface area contributed by atoms with Crippen molar-refractivity contribution < 1.29 is 0 Å². The van der Waals surface area contributed by atoms with Gasteiger partial charge in [0, 0.05) is 12.1 Å². The number of fused-ring (bicyclic) bond motifs is 1. The van der Waals surface area contributed by atoms with Crippen molar-refractivity contribution in [2.75, 3.05) is 11.2 Å². The smallest absolute Gasteiger partial charge is 0.223 e. The van der Waals surface area contributed by atoms with Crippen molar-refractivity contribution in [1.82, 2.24) is 15.0 Å². The molecule has 2 aromatic rings. The molecule has 2 unspecified atom stereocenters. The van der Waals surface area contributed by atoms with Gasteiger partial charge in [-0.25, -0.2) is 9.99 Å². The molecule has 0 aromatic carbocycles. The molecular weight excluding hydrogens is 258 g/mol. The topological polar surface area (TPSA) is 67.1 Å². The highest BCUT2D eigenvalue weighted by molar-refractivity contribution is 7.16. The summed E-state index contributed by atoms with van der Waals surface area (Å²) in [5, 5.41) is 5.36. The van der Waals surface area contributed by atoms with Crippen LogP contribution in [-0.2, 0) is 0 Å². The number of thiophene rings is 1. The van der Waals surface area contributed by atoms with E-state index in [4.69, 9.17) is 5.73 Å². The summed E-state index contributed by atoms with van der Waals surface area (Å²) in [6.07, 6.45) is 3.72. The Morgan fingerprint density at radius 3 is 2.79 bits per heavy atom. The Morgan fingerprint density at radius 2 is 2.05 bits per heavy atom. The van der Waals surface area contributed by atoms with E-state index in [0.717, 1.165) is 16.0 Å². The summed E-state index contributed by atoms with van der Waals surface area (Å²) in [5.74, 6) is 1.15. The molecule has 3 heterocycles. The number of nitrogens with one attached hydrogen (secondary N) is 1. The van der Waals surface area contributed by atoms with E-state index in [2.05, 4.69) is 34.3 Å². The first-order chi connectivity index (χ1) is 9.15. The Hall–Kier alpha value is -1.40. The van der Waals surface area contributed by atoms with Crippen LogP contribution in [0.15, 0.2) is 11.4 Å². The molecule has 102 valence electrons. The fourth-order valence-electron chi connectivity index (χ4n) is 2.72. The monoisotopic (exact) mass is 277 g/mol. The van der Waals surface area contributed by atoms with E-state index < -0.39 is 0 Å². The minimum Gasteiger partial charge on any atom is -0.368 e. The Balaban J connectivity index is 1.93. The summed E-state index contributed by atoms with van der Waals surface area (Å²) in [7, 11) is 0. The predicted octanol–water partition coefficient (Wildman–Crippen LogP) is 2.86. The van der Waals surface area contributed by atoms with E-state index in [1.54, 1.807) is 11.3 Å². The van der Waals surface area contributed by atoms with Gasteiger partial charge < -0.3 is 11.2 Å². The van der Waals surface area contributed by atoms with Gasteiger partial charge in [-0.2, -0.15) is 4.98 Å². The number of nitrogens with two attached hydrogens (primary N) is 1. The zero-order valence-corrected chi connectivity index (χ0v) is 12.1. The van der Waals surface area contributed by atoms with Crippen LogP contribution in [0.1, 0.15) is 33.1 Å². The Kier molecular flexibility index (Phi) is 3.28. The van der Waals surface area contributed by atoms with Crippen LogP contribution in [0.2, 0.25) is 0 Å². The summed E-state index contributed by atoms with van der Waals surface area (Å²) in [5.41, 5.74) is 9.24. The molecule has 2 atom stereocenters. The van der Waals surface area contributed by atoms with Crippen molar-refractivity contribution in [2.24, 2.45) is 0 Å². The largest absolute Gasteiger partial charge is 0.368 e. The van der Waals surface area contributed by atoms with Crippen LogP contribution in [0, 0.1) is 0 Å². The number of piperidine rings is 1. The van der Waals surface area contributed by atoms with Crippen molar-refractivity contribution in [3.8, 4) is 0 Å². The molecule has 3 N–H and O–H groups in total. The maximum atomic E-state index is 5.78. The number of anilines is 2. The van der Waals surface area contributed by atoms with E-state index in [-0.39, 0.29) is 0 Å². The van der Waals surface area contributed by atoms with Crippen LogP contribution in [0.25, 0.3) is 10.2 Å². The number of nitrogen functional groups attached to an aromatic ring is 1. The summed E-state index contributed by atoms with van der Waals surface area (Å²) < 4.78 is 0. The van der Waals surface area contributed by atoms with Crippen LogP contribution >= 0.6 is 11.3 Å². The van der Waals surface area contributed by atoms with E-state index >= 15 is 0 Å². The highest BCUT2D eigenvalue weighted by Gasteiger charge is 2.25. The third-order valence-electron chi connectivity index (χ3n) is 3.77. The lowest BCUT2D eigenvalue weighted by molar-refractivity contribution is 0.135. The quantitative estimate of drug-likeness (QED) is 0.883. The Labute approximate surface area is 116 Å². The SMILES string of the molecule is CC1CCCC(C)N1Nc1nc(N)nc2sccc12. The fraction of sp³-hybridized carbons (Fsp3) is 0.538. The molecule has 5 nitrogen and oxygen atoms in total. The molecule has 0 saturated carbocycles. The van der Waals surface area contributed by atoms with Crippen LogP contribution in [0.3, 0.4) is 0 Å². The molecular formula is C13H19N5S. The highest BCUT2D eigenvalue weighted by Crippen LogP contribution is 2.29. The Bertz CT molecular complexity index is 571. The molecule has 6 heteroatoms. The minimum absolute atomic E-state index is 0.328. The van der Waals surface area contributed by atoms with Crippen molar-refractivity contribution in [1.29, 1.82) is 0 Å². The van der Waals surface area contributed by atoms with Gasteiger partial charge in [-0.15, -0.1) is 11.3 Å². The predicted molar refractivity (Wildman–Crippen MR) is 80.1 cm³/mol. The van der Waals surface area contributed by atoms with Crippen LogP contribution in [0.4, 0.5) is 11.8 Å². The van der Waals surface area contributed by atoms with E-state index in [1.807, 2.05) is 11.4 Å². The summed E-state index contributed by atoms with van der Waals surface area (Å²) in [4.78, 5) is 9.55. The highest BCUT2D eigenvalue weighted by atomic mass is 32.1. The van der Waals surface area contributed by atoms with Gasteiger partial charge in [-0.1, -0.05) is 6.42 Å². The third kappa shape index (κ3) is 2.37. The second kappa shape index (κ2) is 4.94. The van der Waals surface area contributed by atoms with E-state index in [9.17, 15) is 0 Å². The zero-order valence-electron chi connectivity index (χ0n) is 11.3. The van der Waals surface area contributed by atoms with Gasteiger partial charge in [0.2, 0.25) is 5.95 Å². The summed E-state index contributed by atoms with van der Waals surface area (Å²) in [6.45, 7) is 4.50. The maximum absolute atomic E-state index is 5.78. The number of hydrazine groups is 1. The normalized spacial score (nSPS) is 24.7. The van der Waals surface area contributed by atoms with Gasteiger partial charge >= 0.3 is 0 Å². The summed E-state index contributed by atoms with van der Waals surface area (Å²) in [6, 6.07) is 3.06. The van der Waals surface area contributed by atoms with Gasteiger partial charge in [0.15, 0.2) is 5.82 Å². The van der Waals surface area contributed by atoms with Gasteiger partial charge in [0.25, 0.3) is 0 Å². The van der Waals surface area contributed by atoms with Crippen LogP contribution in [-0.4, -0.2) is 27.1 Å². The lowest BCUT2D eigenvalue weighted by Crippen LogP contribution is -2.47. The van der Waals surface area contributed by atoms with E-state index in [0.29, 0.717) is 18.0 Å². The van der Waals surface area contributed by atoms with Gasteiger partial charge in [-0.3, -0.25) is 0 Å². The van der Waals surface area contributed by atoms with Gasteiger partial charge in [0.05, 0.1) is 5.39 Å². The summed E-state index contributed by atoms with van der Waals surface area (Å²) >= 11 is 1.59. The third-order valence-corrected chi connectivity index (χ3v) is 4.58. The molecule has 1 aliphatic heterocycles. The standard InChI is InChI=1S/C13H19N5S/c1-8-4-3-5-9(2)18(8)17-11-10-6-7-19-12(10)16-13(14)15-11/h6-9H,3-5H2,1-2H3,(H3,14,15,16,17). The molecule has 19 heavy (non-hydrogen) atoms. The number of hydrogen-bond donors (Lipinski definition) is 2. The van der Waals surface area contributed by atoms with Gasteiger partial charge in [-0.05, 0) is 38.1 Å². The lowest BCUT2D eigenvalue weighted by atomic mass is 10.00. The minimum atomic E-state index is 0.328. The average Bonchev–Trinajstić information content (AvgIpc) is 2.81. The number of nitrogens with zero attached hydrogens (tertiary/aromatic N) is 3. The van der Waals surface area contributed by atoms with Crippen LogP contribution < -0.4 is 11.2 Å². The Morgan fingerprint density at radius 1 is 1.32 bits per heavy atom. The lowest BCUT2D eigenvalue weighted by Gasteiger charge is -2.39. The average molecular weight is 277 g/mol. The van der Waals surface area contributed by atoms with Crippen LogP contribution in [0.5, 0.6) is 0 Å². The molecule has 0 aliphatic carbocycles. The first kappa shape index (κ1) is 12.6.